The first-order valence-electron chi connectivity index (χ1n) is 30.8. The van der Waals surface area contributed by atoms with Gasteiger partial charge in [-0.3, -0.25) is 19.2 Å². The highest BCUT2D eigenvalue weighted by atomic mass is 127. The molecule has 0 radical (unpaired) electrons. The summed E-state index contributed by atoms with van der Waals surface area (Å²) < 4.78 is 73.4. The average molecular weight is 1480 g/mol. The number of benzene rings is 1. The van der Waals surface area contributed by atoms with E-state index in [-0.39, 0.29) is 66.4 Å². The number of halogens is 1. The highest BCUT2D eigenvalue weighted by Gasteiger charge is 2.56. The van der Waals surface area contributed by atoms with Crippen molar-refractivity contribution in [3.05, 3.63) is 38.5 Å². The number of alkyl carbamates (subject to hydrolysis) is 1. The van der Waals surface area contributed by atoms with Crippen molar-refractivity contribution in [2.45, 2.75) is 215 Å². The van der Waals surface area contributed by atoms with E-state index in [9.17, 15) is 44.7 Å². The Morgan fingerprint density at radius 2 is 1.57 bits per heavy atom. The molecule has 1 aromatic rings. The molecular weight excluding hydrogens is 1390 g/mol. The van der Waals surface area contributed by atoms with Gasteiger partial charge in [-0.05, 0) is 93.3 Å². The lowest BCUT2D eigenvalue weighted by atomic mass is 9.64. The number of nitrogens with zero attached hydrogens (tertiary/aromatic N) is 1. The fraction of sp³-hybridized carbons (Fsp3) is 0.714. The Kier molecular flexibility index (Phi) is 30.6. The fourth-order valence-electron chi connectivity index (χ4n) is 11.9. The van der Waals surface area contributed by atoms with Gasteiger partial charge in [-0.2, -0.15) is 5.48 Å². The third kappa shape index (κ3) is 18.8. The van der Waals surface area contributed by atoms with E-state index in [1.54, 1.807) is 64.2 Å². The number of amides is 2. The first-order chi connectivity index (χ1) is 44.2. The fourth-order valence-corrected chi connectivity index (χ4v) is 15.6. The summed E-state index contributed by atoms with van der Waals surface area (Å²) >= 11 is 2.81. The highest BCUT2D eigenvalue weighted by Crippen LogP contribution is 2.50. The molecule has 5 fully saturated rings. The second-order valence-corrected chi connectivity index (χ2v) is 28.7. The molecule has 1 saturated carbocycles. The van der Waals surface area contributed by atoms with E-state index in [1.165, 1.54) is 51.4 Å². The van der Waals surface area contributed by atoms with Crippen LogP contribution in [0.1, 0.15) is 97.5 Å². The zero-order chi connectivity index (χ0) is 68.8. The molecule has 2 amide bonds. The van der Waals surface area contributed by atoms with Gasteiger partial charge in [-0.15, -0.1) is 5.92 Å². The number of aliphatic hydroxyl groups is 5. The molecule has 0 bridgehead atoms. The molecule has 19 unspecified atom stereocenters. The maximum atomic E-state index is 14.5. The van der Waals surface area contributed by atoms with E-state index < -0.39 is 150 Å². The van der Waals surface area contributed by atoms with Gasteiger partial charge in [0.25, 0.3) is 0 Å². The van der Waals surface area contributed by atoms with Crippen LogP contribution in [0.25, 0.3) is 0 Å². The molecule has 1 aliphatic carbocycles. The molecule has 26 nitrogen and oxygen atoms in total. The number of ether oxygens (including phenoxy) is 12. The number of thioether (sulfide) groups is 1. The highest BCUT2D eigenvalue weighted by molar-refractivity contribution is 14.1. The number of hydrogen-bond donors (Lipinski definition) is 8. The molecular formula is C63H93IN4O22S3. The summed E-state index contributed by atoms with van der Waals surface area (Å²) in [6, 6.07) is -3.08. The van der Waals surface area contributed by atoms with Crippen molar-refractivity contribution in [3.63, 3.8) is 0 Å². The number of nitrogens with two attached hydrogens (primary N) is 1. The number of methoxy groups -OCH3 is 5. The van der Waals surface area contributed by atoms with E-state index in [0.29, 0.717) is 27.0 Å². The largest absolute Gasteiger partial charge is 0.492 e. The topological polar surface area (TPSA) is 343 Å². The first kappa shape index (κ1) is 78.4. The van der Waals surface area contributed by atoms with Crippen molar-refractivity contribution in [3.8, 4) is 40.9 Å². The standard InChI is InChI=1S/C63H93IN4O22S3/c1-16-18-19-20-21-22-40(46-36(23-24-91-93-31(5)6)63(77,30(3)4)27-39(70)49(46)66-62(76)82-15)87-61-56(88-43-26-41(78-11)37(29-83-43)68(17-2)42(71)28-65)51(73)48(33(8)85-61)67-90-44-25-38(69)58(35(10)84-44)92-59(75)45-32(7)47(64)54(57(81-14)53(45)79-12)89-60-52(74)55(80-13)50(72)34(9)86-60/h19-20,23,30-31,33-35,37-38,40-41,43-44,46,48-52,55-56,58,60-61,67,69,72-74,77H,17,24-29,65H2,1-15H3,(H,66,76)/b20-19-,36-23+/t33?,34?,35?,37?,38?,40-,41?,43?,44?,46?,48?,49?,50?,51?,52?,55?,56?,58?,60?,61?,63+/m0/s1. The van der Waals surface area contributed by atoms with E-state index in [2.05, 4.69) is 34.5 Å². The lowest BCUT2D eigenvalue weighted by Gasteiger charge is -2.49. The molecule has 4 heterocycles. The Hall–Kier alpha value is -3.56. The van der Waals surface area contributed by atoms with Crippen LogP contribution < -0.4 is 30.7 Å². The Balaban J connectivity index is 1.31. The summed E-state index contributed by atoms with van der Waals surface area (Å²) in [5.74, 6) is 9.62. The van der Waals surface area contributed by atoms with E-state index in [4.69, 9.17) is 67.4 Å². The predicted octanol–water partition coefficient (Wildman–Crippen LogP) is 3.92. The van der Waals surface area contributed by atoms with Gasteiger partial charge >= 0.3 is 6.09 Å². The third-order valence-electron chi connectivity index (χ3n) is 16.9. The van der Waals surface area contributed by atoms with Crippen molar-refractivity contribution in [2.75, 3.05) is 61.0 Å². The Labute approximate surface area is 570 Å². The van der Waals surface area contributed by atoms with Crippen molar-refractivity contribution in [2.24, 2.45) is 17.6 Å². The van der Waals surface area contributed by atoms with Crippen LogP contribution in [0.3, 0.4) is 0 Å². The van der Waals surface area contributed by atoms with Gasteiger partial charge in [0.15, 0.2) is 36.2 Å². The molecule has 1 aromatic carbocycles. The summed E-state index contributed by atoms with van der Waals surface area (Å²) in [4.78, 5) is 63.0. The van der Waals surface area contributed by atoms with Crippen LogP contribution in [0.2, 0.25) is 0 Å². The number of likely N-dealkylation sites (N-methyl/N-ethyl adjacent to an activating group) is 1. The molecule has 522 valence electrons. The zero-order valence-corrected chi connectivity index (χ0v) is 59.8. The quantitative estimate of drug-likeness (QED) is 0.0172. The Bertz CT molecular complexity index is 2880. The van der Waals surface area contributed by atoms with Gasteiger partial charge in [0.05, 0.1) is 97.1 Å². The van der Waals surface area contributed by atoms with Crippen molar-refractivity contribution in [1.29, 1.82) is 0 Å². The van der Waals surface area contributed by atoms with Crippen LogP contribution in [0.4, 0.5) is 4.79 Å². The van der Waals surface area contributed by atoms with Crippen LogP contribution in [0.5, 0.6) is 17.2 Å². The zero-order valence-electron chi connectivity index (χ0n) is 55.2. The van der Waals surface area contributed by atoms with Crippen LogP contribution >= 0.6 is 55.9 Å². The van der Waals surface area contributed by atoms with E-state index >= 15 is 0 Å². The first-order valence-corrected chi connectivity index (χ1v) is 35.1. The number of Topliss-reactive ketones (excluding diaryl/α,β-unsaturated/α-hetero) is 1. The van der Waals surface area contributed by atoms with E-state index in [1.807, 2.05) is 49.4 Å². The number of carbonyl (C=O) groups excluding carboxylic acids is 4. The Morgan fingerprint density at radius 3 is 2.17 bits per heavy atom. The second kappa shape index (κ2) is 36.3. The smallest absolute Gasteiger partial charge is 0.407 e. The van der Waals surface area contributed by atoms with Crippen LogP contribution in [0, 0.1) is 46.0 Å². The minimum Gasteiger partial charge on any atom is -0.492 e. The molecule has 6 rings (SSSR count). The number of hydroxylamine groups is 1. The van der Waals surface area contributed by atoms with Gasteiger partial charge in [0.2, 0.25) is 23.1 Å². The number of rotatable bonds is 25. The summed E-state index contributed by atoms with van der Waals surface area (Å²) in [6.45, 7) is 17.7. The summed E-state index contributed by atoms with van der Waals surface area (Å²) in [5.41, 5.74) is 7.86. The number of nitrogens with one attached hydrogen (secondary N) is 2. The van der Waals surface area contributed by atoms with Crippen LogP contribution in [-0.4, -0.2) is 241 Å². The molecule has 4 aliphatic heterocycles. The number of ketones is 1. The molecule has 4 saturated heterocycles. The second-order valence-electron chi connectivity index (χ2n) is 23.5. The van der Waals surface area contributed by atoms with Gasteiger partial charge in [0.1, 0.15) is 42.7 Å². The lowest BCUT2D eigenvalue weighted by molar-refractivity contribution is -0.340. The molecule has 0 aromatic heterocycles. The lowest BCUT2D eigenvalue weighted by Crippen LogP contribution is -2.66. The maximum absolute atomic E-state index is 14.5. The predicted molar refractivity (Wildman–Crippen MR) is 355 cm³/mol. The van der Waals surface area contributed by atoms with Gasteiger partial charge < -0.3 is 98.3 Å². The molecule has 21 atom stereocenters. The maximum Gasteiger partial charge on any atom is 0.407 e. The third-order valence-corrected chi connectivity index (χ3v) is 22.4. The normalized spacial score (nSPS) is 33.9. The summed E-state index contributed by atoms with van der Waals surface area (Å²) in [6.07, 6.45) is -14.4. The monoisotopic (exact) mass is 1480 g/mol. The summed E-state index contributed by atoms with van der Waals surface area (Å²) in [7, 11) is 9.86. The number of carbonyl (C=O) groups is 4. The molecule has 93 heavy (non-hydrogen) atoms. The van der Waals surface area contributed by atoms with Crippen molar-refractivity contribution < 1.29 is 106 Å². The van der Waals surface area contributed by atoms with Crippen LogP contribution in [0.15, 0.2) is 23.8 Å². The molecule has 5 aliphatic rings. The van der Waals surface area contributed by atoms with Crippen molar-refractivity contribution >= 4 is 78.8 Å². The van der Waals surface area contributed by atoms with Crippen molar-refractivity contribution in [1.82, 2.24) is 15.7 Å². The van der Waals surface area contributed by atoms with Gasteiger partial charge in [0, 0.05) is 56.9 Å². The molecule has 9 N–H and O–H groups in total. The minimum absolute atomic E-state index is 0.0131. The SMILES string of the molecule is CC#C/C=C\C#C[C@H](OC1OC(C)C(NOC2CC(O)C(SC(=O)c3c(C)c(I)c(OC4OC(C)C(O)C(OC)C4O)c(OC)c3OC)C(C)O2)C(O)C1OC1CC(OC)C(N(CC)C(=O)CN)CO1)C1/C(=C\CSSC(C)C)[C@](O)(C(C)C)CC(=O)C1NC(=O)OC. The van der Waals surface area contributed by atoms with E-state index in [0.717, 1.165) is 18.9 Å². The van der Waals surface area contributed by atoms with Gasteiger partial charge in [-0.1, -0.05) is 84.9 Å². The van der Waals surface area contributed by atoms with Crippen LogP contribution in [-0.2, 0) is 57.1 Å². The number of hydrogen-bond acceptors (Lipinski definition) is 27. The van der Waals surface area contributed by atoms with Gasteiger partial charge in [-0.25, -0.2) is 4.79 Å². The molecule has 0 spiro atoms. The summed E-state index contributed by atoms with van der Waals surface area (Å²) in [5, 5.41) is 60.6. The minimum atomic E-state index is -1.75. The number of allylic oxidation sites excluding steroid dienone is 2. The average Bonchev–Trinajstić information content (AvgIpc) is 0.756. The number of aliphatic hydroxyl groups excluding tert-OH is 4. The molecule has 30 heteroatoms. The Morgan fingerprint density at radius 1 is 0.882 bits per heavy atom.